The van der Waals surface area contributed by atoms with Crippen LogP contribution in [0, 0.1) is 27.7 Å². The molecule has 0 saturated carbocycles. The second kappa shape index (κ2) is 7.86. The highest BCUT2D eigenvalue weighted by molar-refractivity contribution is 7.99. The molecule has 0 bridgehead atoms. The molecule has 0 radical (unpaired) electrons. The summed E-state index contributed by atoms with van der Waals surface area (Å²) in [6.07, 6.45) is 0. The van der Waals surface area contributed by atoms with E-state index in [4.69, 9.17) is 0 Å². The predicted octanol–water partition coefficient (Wildman–Crippen LogP) is 4.48. The molecule has 142 valence electrons. The third kappa shape index (κ3) is 4.25. The molecule has 2 aromatic heterocycles. The highest BCUT2D eigenvalue weighted by Crippen LogP contribution is 2.26. The van der Waals surface area contributed by atoms with E-state index in [1.807, 2.05) is 52.8 Å². The zero-order valence-corrected chi connectivity index (χ0v) is 17.7. The van der Waals surface area contributed by atoms with Gasteiger partial charge in [0.05, 0.1) is 16.4 Å². The summed E-state index contributed by atoms with van der Waals surface area (Å²) in [4.78, 5) is 34.1. The Morgan fingerprint density at radius 3 is 2.70 bits per heavy atom. The van der Waals surface area contributed by atoms with Gasteiger partial charge < -0.3 is 10.3 Å². The number of carbonyl (C=O) groups is 1. The van der Waals surface area contributed by atoms with Crippen molar-refractivity contribution < 1.29 is 4.79 Å². The van der Waals surface area contributed by atoms with Crippen LogP contribution >= 0.6 is 23.1 Å². The molecule has 0 aliphatic carbocycles. The maximum absolute atomic E-state index is 12.4. The molecule has 2 heterocycles. The summed E-state index contributed by atoms with van der Waals surface area (Å²) in [6, 6.07) is 5.88. The average Bonchev–Trinajstić information content (AvgIpc) is 2.90. The number of nitrogens with one attached hydrogen (secondary N) is 2. The summed E-state index contributed by atoms with van der Waals surface area (Å²) >= 11 is 2.98. The van der Waals surface area contributed by atoms with Crippen LogP contribution in [0.15, 0.2) is 23.0 Å². The van der Waals surface area contributed by atoms with Crippen molar-refractivity contribution in [1.82, 2.24) is 9.97 Å². The van der Waals surface area contributed by atoms with Crippen molar-refractivity contribution in [2.24, 2.45) is 0 Å². The number of H-pyrrole nitrogens is 1. The van der Waals surface area contributed by atoms with Crippen LogP contribution in [0.3, 0.4) is 0 Å². The first-order valence-electron chi connectivity index (χ1n) is 8.75. The van der Waals surface area contributed by atoms with Crippen molar-refractivity contribution in [3.8, 4) is 0 Å². The summed E-state index contributed by atoms with van der Waals surface area (Å²) in [5, 5.41) is 3.36. The molecule has 1 atom stereocenters. The van der Waals surface area contributed by atoms with Gasteiger partial charge in [-0.1, -0.05) is 6.07 Å². The lowest BCUT2D eigenvalue weighted by molar-refractivity contribution is -0.115. The number of benzene rings is 1. The number of fused-ring (bicyclic) bond motifs is 1. The molecule has 0 aliphatic heterocycles. The fraction of sp³-hybridized carbons (Fsp3) is 0.350. The fourth-order valence-corrected chi connectivity index (χ4v) is 4.51. The molecule has 0 saturated heterocycles. The van der Waals surface area contributed by atoms with Crippen LogP contribution in [0.25, 0.3) is 10.2 Å². The van der Waals surface area contributed by atoms with E-state index in [-0.39, 0.29) is 16.7 Å². The third-order valence-electron chi connectivity index (χ3n) is 4.70. The van der Waals surface area contributed by atoms with E-state index < -0.39 is 0 Å². The molecular weight excluding hydrogens is 378 g/mol. The number of hydrogen-bond donors (Lipinski definition) is 2. The molecule has 0 aliphatic rings. The Bertz CT molecular complexity index is 1070. The minimum Gasteiger partial charge on any atom is -0.325 e. The molecule has 7 heteroatoms. The van der Waals surface area contributed by atoms with Crippen molar-refractivity contribution in [3.63, 3.8) is 0 Å². The maximum atomic E-state index is 12.4. The van der Waals surface area contributed by atoms with E-state index >= 15 is 0 Å². The second-order valence-electron chi connectivity index (χ2n) is 6.72. The lowest BCUT2D eigenvalue weighted by Gasteiger charge is -2.13. The Balaban J connectivity index is 1.67. The van der Waals surface area contributed by atoms with Crippen molar-refractivity contribution in [1.29, 1.82) is 0 Å². The Morgan fingerprint density at radius 2 is 2.00 bits per heavy atom. The van der Waals surface area contributed by atoms with Gasteiger partial charge in [0, 0.05) is 10.6 Å². The first-order chi connectivity index (χ1) is 12.8. The highest BCUT2D eigenvalue weighted by atomic mass is 32.2. The number of thiophene rings is 1. The molecule has 3 aromatic rings. The van der Waals surface area contributed by atoms with Crippen LogP contribution in [-0.2, 0) is 10.5 Å². The van der Waals surface area contributed by atoms with Gasteiger partial charge in [-0.15, -0.1) is 23.1 Å². The van der Waals surface area contributed by atoms with Gasteiger partial charge >= 0.3 is 0 Å². The van der Waals surface area contributed by atoms with Gasteiger partial charge in [-0.3, -0.25) is 9.59 Å². The SMILES string of the molecule is Cc1ccc(NC(=O)C(C)SCc2nc3sc(C)c(C)c3c(=O)[nH]2)cc1C. The molecule has 1 aromatic carbocycles. The van der Waals surface area contributed by atoms with E-state index in [0.717, 1.165) is 26.5 Å². The molecular formula is C20H23N3O2S2. The smallest absolute Gasteiger partial charge is 0.259 e. The summed E-state index contributed by atoms with van der Waals surface area (Å²) in [6.45, 7) is 9.86. The lowest BCUT2D eigenvalue weighted by atomic mass is 10.1. The summed E-state index contributed by atoms with van der Waals surface area (Å²) in [7, 11) is 0. The first kappa shape index (κ1) is 19.6. The van der Waals surface area contributed by atoms with Gasteiger partial charge in [-0.05, 0) is 63.4 Å². The quantitative estimate of drug-likeness (QED) is 0.661. The zero-order valence-electron chi connectivity index (χ0n) is 16.1. The third-order valence-corrected chi connectivity index (χ3v) is 6.96. The topological polar surface area (TPSA) is 74.8 Å². The van der Waals surface area contributed by atoms with Crippen LogP contribution in [0.4, 0.5) is 5.69 Å². The number of rotatable bonds is 5. The number of aromatic amines is 1. The minimum absolute atomic E-state index is 0.0607. The molecule has 1 amide bonds. The van der Waals surface area contributed by atoms with E-state index in [9.17, 15) is 9.59 Å². The lowest BCUT2D eigenvalue weighted by Crippen LogP contribution is -2.23. The standard InChI is InChI=1S/C20H23N3O2S2/c1-10-6-7-15(8-11(10)2)21-18(24)14(5)26-9-16-22-19(25)17-12(3)13(4)27-20(17)23-16/h6-8,14H,9H2,1-5H3,(H,21,24)(H,22,23,25). The Labute approximate surface area is 166 Å². The van der Waals surface area contributed by atoms with E-state index in [1.165, 1.54) is 28.7 Å². The van der Waals surface area contributed by atoms with Crippen molar-refractivity contribution >= 4 is 44.9 Å². The molecule has 0 fully saturated rings. The number of anilines is 1. The van der Waals surface area contributed by atoms with Crippen molar-refractivity contribution in [3.05, 3.63) is 55.9 Å². The number of aryl methyl sites for hydroxylation is 4. The number of carbonyl (C=O) groups excluding carboxylic acids is 1. The fourth-order valence-electron chi connectivity index (χ4n) is 2.71. The van der Waals surface area contributed by atoms with Crippen LogP contribution < -0.4 is 10.9 Å². The second-order valence-corrected chi connectivity index (χ2v) is 9.25. The predicted molar refractivity (Wildman–Crippen MR) is 115 cm³/mol. The maximum Gasteiger partial charge on any atom is 0.259 e. The molecule has 2 N–H and O–H groups in total. The number of nitrogens with zero attached hydrogens (tertiary/aromatic N) is 1. The summed E-state index contributed by atoms with van der Waals surface area (Å²) in [5.41, 5.74) is 4.02. The minimum atomic E-state index is -0.264. The van der Waals surface area contributed by atoms with Crippen LogP contribution in [-0.4, -0.2) is 21.1 Å². The van der Waals surface area contributed by atoms with Crippen LogP contribution in [0.5, 0.6) is 0 Å². The highest BCUT2D eigenvalue weighted by Gasteiger charge is 2.16. The number of hydrogen-bond acceptors (Lipinski definition) is 5. The van der Waals surface area contributed by atoms with Gasteiger partial charge in [-0.2, -0.15) is 0 Å². The van der Waals surface area contributed by atoms with E-state index in [2.05, 4.69) is 15.3 Å². The molecule has 27 heavy (non-hydrogen) atoms. The van der Waals surface area contributed by atoms with E-state index in [1.54, 1.807) is 0 Å². The van der Waals surface area contributed by atoms with Crippen molar-refractivity contribution in [2.75, 3.05) is 5.32 Å². The van der Waals surface area contributed by atoms with Gasteiger partial charge in [-0.25, -0.2) is 4.98 Å². The van der Waals surface area contributed by atoms with Crippen LogP contribution in [0.1, 0.15) is 34.3 Å². The molecule has 0 spiro atoms. The average molecular weight is 402 g/mol. The Hall–Kier alpha value is -2.12. The zero-order chi connectivity index (χ0) is 19.7. The first-order valence-corrected chi connectivity index (χ1v) is 10.6. The number of aromatic nitrogens is 2. The molecule has 5 nitrogen and oxygen atoms in total. The Kier molecular flexibility index (Phi) is 5.72. The molecule has 3 rings (SSSR count). The largest absolute Gasteiger partial charge is 0.325 e. The molecule has 1 unspecified atom stereocenters. The summed E-state index contributed by atoms with van der Waals surface area (Å²) in [5.74, 6) is 1.02. The monoisotopic (exact) mass is 401 g/mol. The van der Waals surface area contributed by atoms with Gasteiger partial charge in [0.2, 0.25) is 5.91 Å². The van der Waals surface area contributed by atoms with Gasteiger partial charge in [0.15, 0.2) is 0 Å². The van der Waals surface area contributed by atoms with Crippen LogP contribution in [0.2, 0.25) is 0 Å². The van der Waals surface area contributed by atoms with Gasteiger partial charge in [0.25, 0.3) is 5.56 Å². The van der Waals surface area contributed by atoms with Crippen molar-refractivity contribution in [2.45, 2.75) is 45.6 Å². The van der Waals surface area contributed by atoms with Gasteiger partial charge in [0.1, 0.15) is 10.7 Å². The van der Waals surface area contributed by atoms with E-state index in [0.29, 0.717) is 17.0 Å². The number of thioether (sulfide) groups is 1. The number of amides is 1. The summed E-state index contributed by atoms with van der Waals surface area (Å²) < 4.78 is 0. The normalized spacial score (nSPS) is 12.3. The Morgan fingerprint density at radius 1 is 1.26 bits per heavy atom.